The van der Waals surface area contributed by atoms with Gasteiger partial charge in [-0.2, -0.15) is 0 Å². The van der Waals surface area contributed by atoms with Gasteiger partial charge in [0, 0.05) is 18.0 Å². The summed E-state index contributed by atoms with van der Waals surface area (Å²) in [6.45, 7) is 3.47. The van der Waals surface area contributed by atoms with Crippen LogP contribution < -0.4 is 5.32 Å². The Morgan fingerprint density at radius 1 is 1.10 bits per heavy atom. The Morgan fingerprint density at radius 2 is 1.83 bits per heavy atom. The highest BCUT2D eigenvalue weighted by Crippen LogP contribution is 2.40. The van der Waals surface area contributed by atoms with E-state index in [2.05, 4.69) is 5.32 Å². The lowest BCUT2D eigenvalue weighted by molar-refractivity contribution is -0.130. The maximum absolute atomic E-state index is 13.4. The van der Waals surface area contributed by atoms with Crippen molar-refractivity contribution in [3.05, 3.63) is 41.5 Å². The number of thioether (sulfide) groups is 1. The third-order valence-corrected chi connectivity index (χ3v) is 7.65. The number of amides is 3. The first-order chi connectivity index (χ1) is 14.5. The fraction of sp³-hybridized carbons (Fsp3) is 0.409. The fourth-order valence-corrected chi connectivity index (χ4v) is 5.98. The Labute approximate surface area is 184 Å². The van der Waals surface area contributed by atoms with Crippen molar-refractivity contribution in [3.63, 3.8) is 0 Å². The number of thiophene rings is 1. The molecule has 0 spiro atoms. The van der Waals surface area contributed by atoms with Crippen LogP contribution in [-0.2, 0) is 9.59 Å². The predicted octanol–water partition coefficient (Wildman–Crippen LogP) is 3.82. The number of nitrogens with one attached hydrogen (secondary N) is 1. The lowest BCUT2D eigenvalue weighted by Gasteiger charge is -2.27. The second kappa shape index (κ2) is 9.22. The van der Waals surface area contributed by atoms with E-state index in [0.29, 0.717) is 22.2 Å². The van der Waals surface area contributed by atoms with Crippen LogP contribution in [0.3, 0.4) is 0 Å². The minimum atomic E-state index is -0.264. The molecule has 0 aliphatic carbocycles. The fourth-order valence-electron chi connectivity index (χ4n) is 3.86. The number of anilines is 1. The molecule has 3 amide bonds. The summed E-state index contributed by atoms with van der Waals surface area (Å²) in [4.78, 5) is 42.3. The largest absolute Gasteiger partial charge is 0.339 e. The van der Waals surface area contributed by atoms with Crippen LogP contribution in [0.1, 0.15) is 35.2 Å². The van der Waals surface area contributed by atoms with Crippen LogP contribution in [-0.4, -0.2) is 58.8 Å². The van der Waals surface area contributed by atoms with Crippen molar-refractivity contribution in [2.45, 2.75) is 26.2 Å². The molecular formula is C22H25N3O3S2. The highest BCUT2D eigenvalue weighted by atomic mass is 32.2. The molecular weight excluding hydrogens is 418 g/mol. The summed E-state index contributed by atoms with van der Waals surface area (Å²) in [5, 5.41) is 3.51. The predicted molar refractivity (Wildman–Crippen MR) is 122 cm³/mol. The third-order valence-electron chi connectivity index (χ3n) is 5.45. The van der Waals surface area contributed by atoms with Gasteiger partial charge in [-0.25, -0.2) is 0 Å². The second-order valence-corrected chi connectivity index (χ2v) is 9.57. The van der Waals surface area contributed by atoms with Crippen LogP contribution in [0.5, 0.6) is 0 Å². The molecule has 2 aliphatic rings. The van der Waals surface area contributed by atoms with E-state index in [1.807, 2.05) is 42.2 Å². The number of likely N-dealkylation sites (tertiary alicyclic amines) is 1. The van der Waals surface area contributed by atoms with E-state index >= 15 is 0 Å². The van der Waals surface area contributed by atoms with Crippen molar-refractivity contribution in [3.8, 4) is 10.4 Å². The number of carbonyl (C=O) groups is 3. The van der Waals surface area contributed by atoms with Crippen LogP contribution in [0.4, 0.5) is 5.00 Å². The zero-order valence-electron chi connectivity index (χ0n) is 17.0. The SMILES string of the molecule is Cc1c(-c2ccccc2)sc(NC(=O)CN2CSCC2=O)c1C(=O)N1CCCCC1. The number of piperidine rings is 1. The highest BCUT2D eigenvalue weighted by molar-refractivity contribution is 8.00. The average molecular weight is 444 g/mol. The van der Waals surface area contributed by atoms with Gasteiger partial charge in [-0.05, 0) is 37.3 Å². The molecule has 0 atom stereocenters. The van der Waals surface area contributed by atoms with Gasteiger partial charge in [0.15, 0.2) is 0 Å². The summed E-state index contributed by atoms with van der Waals surface area (Å²) in [7, 11) is 0. The summed E-state index contributed by atoms with van der Waals surface area (Å²) in [6.07, 6.45) is 3.17. The average Bonchev–Trinajstić information content (AvgIpc) is 3.31. The van der Waals surface area contributed by atoms with Gasteiger partial charge in [-0.3, -0.25) is 14.4 Å². The number of carbonyl (C=O) groups excluding carboxylic acids is 3. The Balaban J connectivity index is 1.64. The van der Waals surface area contributed by atoms with Gasteiger partial charge < -0.3 is 15.1 Å². The molecule has 4 rings (SSSR count). The number of rotatable bonds is 5. The van der Waals surface area contributed by atoms with Crippen LogP contribution >= 0.6 is 23.1 Å². The van der Waals surface area contributed by atoms with Gasteiger partial charge in [-0.15, -0.1) is 23.1 Å². The molecule has 3 heterocycles. The van der Waals surface area contributed by atoms with Crippen molar-refractivity contribution >= 4 is 45.8 Å². The smallest absolute Gasteiger partial charge is 0.257 e. The van der Waals surface area contributed by atoms with E-state index in [9.17, 15) is 14.4 Å². The molecule has 2 aromatic rings. The maximum Gasteiger partial charge on any atom is 0.257 e. The van der Waals surface area contributed by atoms with E-state index in [-0.39, 0.29) is 24.3 Å². The van der Waals surface area contributed by atoms with E-state index < -0.39 is 0 Å². The van der Waals surface area contributed by atoms with Crippen LogP contribution in [0.2, 0.25) is 0 Å². The molecule has 2 aliphatic heterocycles. The van der Waals surface area contributed by atoms with Gasteiger partial charge in [0.05, 0.1) is 17.2 Å². The molecule has 1 aromatic heterocycles. The van der Waals surface area contributed by atoms with Gasteiger partial charge in [0.2, 0.25) is 11.8 Å². The normalized spacial score (nSPS) is 16.8. The topological polar surface area (TPSA) is 69.7 Å². The summed E-state index contributed by atoms with van der Waals surface area (Å²) < 4.78 is 0. The number of hydrogen-bond donors (Lipinski definition) is 1. The molecule has 0 saturated carbocycles. The highest BCUT2D eigenvalue weighted by Gasteiger charge is 2.29. The summed E-state index contributed by atoms with van der Waals surface area (Å²) in [5.41, 5.74) is 2.50. The molecule has 0 bridgehead atoms. The lowest BCUT2D eigenvalue weighted by Crippen LogP contribution is -2.37. The van der Waals surface area contributed by atoms with Crippen molar-refractivity contribution in [2.75, 3.05) is 36.6 Å². The van der Waals surface area contributed by atoms with E-state index in [4.69, 9.17) is 0 Å². The Hall–Kier alpha value is -2.32. The summed E-state index contributed by atoms with van der Waals surface area (Å²) in [5.74, 6) is 0.646. The zero-order chi connectivity index (χ0) is 21.1. The summed E-state index contributed by atoms with van der Waals surface area (Å²) >= 11 is 2.94. The standard InChI is InChI=1S/C22H25N3O3S2/c1-15-19(22(28)24-10-6-3-7-11-24)21(30-20(15)16-8-4-2-5-9-16)23-17(26)12-25-14-29-13-18(25)27/h2,4-5,8-9H,3,6-7,10-14H2,1H3,(H,23,26). The molecule has 1 aromatic carbocycles. The molecule has 30 heavy (non-hydrogen) atoms. The maximum atomic E-state index is 13.4. The molecule has 1 N–H and O–H groups in total. The first-order valence-electron chi connectivity index (χ1n) is 10.2. The zero-order valence-corrected chi connectivity index (χ0v) is 18.6. The molecule has 2 fully saturated rings. The van der Waals surface area contributed by atoms with Crippen molar-refractivity contribution in [1.29, 1.82) is 0 Å². The number of hydrogen-bond acceptors (Lipinski definition) is 5. The van der Waals surface area contributed by atoms with Crippen molar-refractivity contribution in [1.82, 2.24) is 9.80 Å². The number of nitrogens with zero attached hydrogens (tertiary/aromatic N) is 2. The van der Waals surface area contributed by atoms with Gasteiger partial charge in [0.1, 0.15) is 11.5 Å². The molecule has 2 saturated heterocycles. The third kappa shape index (κ3) is 4.39. The Kier molecular flexibility index (Phi) is 6.43. The van der Waals surface area contributed by atoms with Crippen LogP contribution in [0.25, 0.3) is 10.4 Å². The monoisotopic (exact) mass is 443 g/mol. The second-order valence-electron chi connectivity index (χ2n) is 7.60. The first kappa shape index (κ1) is 20.9. The first-order valence-corrected chi connectivity index (χ1v) is 12.1. The van der Waals surface area contributed by atoms with Gasteiger partial charge in [-0.1, -0.05) is 30.3 Å². The molecule has 0 radical (unpaired) electrons. The van der Waals surface area contributed by atoms with E-state index in [1.165, 1.54) is 23.1 Å². The Morgan fingerprint density at radius 3 is 2.50 bits per heavy atom. The number of benzene rings is 1. The van der Waals surface area contributed by atoms with Crippen LogP contribution in [0.15, 0.2) is 30.3 Å². The van der Waals surface area contributed by atoms with Crippen LogP contribution in [0, 0.1) is 6.92 Å². The molecule has 6 nitrogen and oxygen atoms in total. The van der Waals surface area contributed by atoms with E-state index in [1.54, 1.807) is 4.90 Å². The quantitative estimate of drug-likeness (QED) is 0.763. The van der Waals surface area contributed by atoms with Gasteiger partial charge in [0.25, 0.3) is 5.91 Å². The lowest BCUT2D eigenvalue weighted by atomic mass is 10.0. The molecule has 158 valence electrons. The van der Waals surface area contributed by atoms with Crippen molar-refractivity contribution < 1.29 is 14.4 Å². The minimum absolute atomic E-state index is 0.0147. The summed E-state index contributed by atoms with van der Waals surface area (Å²) in [6, 6.07) is 9.92. The van der Waals surface area contributed by atoms with Gasteiger partial charge >= 0.3 is 0 Å². The van der Waals surface area contributed by atoms with Crippen molar-refractivity contribution in [2.24, 2.45) is 0 Å². The molecule has 0 unspecified atom stereocenters. The minimum Gasteiger partial charge on any atom is -0.339 e. The Bertz CT molecular complexity index is 952. The molecule has 8 heteroatoms. The van der Waals surface area contributed by atoms with E-state index in [0.717, 1.165) is 48.4 Å².